The SMILES string of the molecule is O=C(CSc1ncc2ccccn12)Nc1ccc(Cl)cn1. The van der Waals surface area contributed by atoms with E-state index in [4.69, 9.17) is 11.6 Å². The van der Waals surface area contributed by atoms with Crippen molar-refractivity contribution >= 4 is 40.6 Å². The van der Waals surface area contributed by atoms with Gasteiger partial charge in [0.05, 0.1) is 22.5 Å². The van der Waals surface area contributed by atoms with Gasteiger partial charge in [0, 0.05) is 12.4 Å². The van der Waals surface area contributed by atoms with E-state index in [1.807, 2.05) is 28.8 Å². The first-order chi connectivity index (χ1) is 10.2. The molecule has 106 valence electrons. The third kappa shape index (κ3) is 3.34. The molecule has 0 aliphatic heterocycles. The highest BCUT2D eigenvalue weighted by molar-refractivity contribution is 7.99. The quantitative estimate of drug-likeness (QED) is 0.751. The number of hydrogen-bond acceptors (Lipinski definition) is 4. The Morgan fingerprint density at radius 1 is 1.24 bits per heavy atom. The van der Waals surface area contributed by atoms with Crippen LogP contribution in [0, 0.1) is 0 Å². The van der Waals surface area contributed by atoms with Crippen molar-refractivity contribution in [3.63, 3.8) is 0 Å². The molecule has 5 nitrogen and oxygen atoms in total. The van der Waals surface area contributed by atoms with Crippen molar-refractivity contribution in [2.45, 2.75) is 5.16 Å². The third-order valence-corrected chi connectivity index (χ3v) is 3.92. The zero-order chi connectivity index (χ0) is 14.7. The Balaban J connectivity index is 1.62. The standard InChI is InChI=1S/C14H11ClN4OS/c15-10-4-5-12(16-7-10)18-13(20)9-21-14-17-8-11-3-1-2-6-19(11)14/h1-8H,9H2,(H,16,18,20). The first-order valence-corrected chi connectivity index (χ1v) is 7.55. The lowest BCUT2D eigenvalue weighted by Gasteiger charge is -2.04. The summed E-state index contributed by atoms with van der Waals surface area (Å²) in [6.45, 7) is 0. The van der Waals surface area contributed by atoms with E-state index in [0.29, 0.717) is 10.8 Å². The number of thioether (sulfide) groups is 1. The van der Waals surface area contributed by atoms with E-state index in [9.17, 15) is 4.79 Å². The summed E-state index contributed by atoms with van der Waals surface area (Å²) in [6.07, 6.45) is 5.19. The van der Waals surface area contributed by atoms with Gasteiger partial charge in [-0.2, -0.15) is 0 Å². The van der Waals surface area contributed by atoms with Crippen molar-refractivity contribution < 1.29 is 4.79 Å². The van der Waals surface area contributed by atoms with E-state index in [2.05, 4.69) is 15.3 Å². The van der Waals surface area contributed by atoms with E-state index in [1.54, 1.807) is 18.3 Å². The number of carbonyl (C=O) groups excluding carboxylic acids is 1. The highest BCUT2D eigenvalue weighted by Crippen LogP contribution is 2.18. The fourth-order valence-corrected chi connectivity index (χ4v) is 2.66. The van der Waals surface area contributed by atoms with Gasteiger partial charge in [-0.15, -0.1) is 0 Å². The first kappa shape index (κ1) is 13.9. The maximum Gasteiger partial charge on any atom is 0.236 e. The van der Waals surface area contributed by atoms with Crippen LogP contribution in [-0.2, 0) is 4.79 Å². The molecular formula is C14H11ClN4OS. The predicted octanol–water partition coefficient (Wildman–Crippen LogP) is 3.11. The number of pyridine rings is 2. The monoisotopic (exact) mass is 318 g/mol. The lowest BCUT2D eigenvalue weighted by Crippen LogP contribution is -2.15. The number of hydrogen-bond donors (Lipinski definition) is 1. The smallest absolute Gasteiger partial charge is 0.236 e. The molecular weight excluding hydrogens is 308 g/mol. The molecule has 0 saturated carbocycles. The van der Waals surface area contributed by atoms with Crippen LogP contribution in [0.25, 0.3) is 5.52 Å². The fourth-order valence-electron chi connectivity index (χ4n) is 1.78. The molecule has 0 fully saturated rings. The summed E-state index contributed by atoms with van der Waals surface area (Å²) in [4.78, 5) is 20.2. The molecule has 1 N–H and O–H groups in total. The molecule has 0 atom stereocenters. The second-order valence-electron chi connectivity index (χ2n) is 4.23. The largest absolute Gasteiger partial charge is 0.310 e. The molecule has 21 heavy (non-hydrogen) atoms. The topological polar surface area (TPSA) is 59.3 Å². The summed E-state index contributed by atoms with van der Waals surface area (Å²) in [6, 6.07) is 9.19. The summed E-state index contributed by atoms with van der Waals surface area (Å²) in [5.74, 6) is 0.610. The molecule has 0 aromatic carbocycles. The van der Waals surface area contributed by atoms with Crippen molar-refractivity contribution in [1.29, 1.82) is 0 Å². The molecule has 7 heteroatoms. The van der Waals surface area contributed by atoms with Crippen LogP contribution in [0.4, 0.5) is 5.82 Å². The minimum absolute atomic E-state index is 0.137. The van der Waals surface area contributed by atoms with E-state index < -0.39 is 0 Å². The summed E-state index contributed by atoms with van der Waals surface area (Å²) in [7, 11) is 0. The van der Waals surface area contributed by atoms with Crippen molar-refractivity contribution in [2.24, 2.45) is 0 Å². The van der Waals surface area contributed by atoms with Crippen LogP contribution in [-0.4, -0.2) is 26.0 Å². The average molecular weight is 319 g/mol. The van der Waals surface area contributed by atoms with E-state index in [0.717, 1.165) is 10.7 Å². The second-order valence-corrected chi connectivity index (χ2v) is 5.61. The number of carbonyl (C=O) groups is 1. The van der Waals surface area contributed by atoms with Gasteiger partial charge in [0.15, 0.2) is 5.16 Å². The number of nitrogens with one attached hydrogen (secondary N) is 1. The Hall–Kier alpha value is -2.05. The molecule has 0 aliphatic carbocycles. The van der Waals surface area contributed by atoms with Crippen LogP contribution in [0.1, 0.15) is 0 Å². The van der Waals surface area contributed by atoms with Gasteiger partial charge in [-0.1, -0.05) is 29.4 Å². The predicted molar refractivity (Wildman–Crippen MR) is 83.8 cm³/mol. The van der Waals surface area contributed by atoms with Crippen molar-refractivity contribution in [3.05, 3.63) is 53.9 Å². The third-order valence-electron chi connectivity index (χ3n) is 2.73. The number of imidazole rings is 1. The Morgan fingerprint density at radius 3 is 2.95 bits per heavy atom. The normalized spacial score (nSPS) is 10.7. The number of amides is 1. The molecule has 0 spiro atoms. The average Bonchev–Trinajstić information content (AvgIpc) is 2.91. The summed E-state index contributed by atoms with van der Waals surface area (Å²) < 4.78 is 1.94. The number of anilines is 1. The van der Waals surface area contributed by atoms with Crippen LogP contribution < -0.4 is 5.32 Å². The number of rotatable bonds is 4. The number of fused-ring (bicyclic) bond motifs is 1. The van der Waals surface area contributed by atoms with Crippen LogP contribution in [0.3, 0.4) is 0 Å². The molecule has 0 unspecified atom stereocenters. The molecule has 0 saturated heterocycles. The van der Waals surface area contributed by atoms with Crippen molar-refractivity contribution in [1.82, 2.24) is 14.4 Å². The van der Waals surface area contributed by atoms with Gasteiger partial charge in [0.1, 0.15) is 5.82 Å². The Kier molecular flexibility index (Phi) is 4.08. The number of aromatic nitrogens is 3. The summed E-state index contributed by atoms with van der Waals surface area (Å²) in [5.41, 5.74) is 1.000. The van der Waals surface area contributed by atoms with Crippen molar-refractivity contribution in [3.8, 4) is 0 Å². The highest BCUT2D eigenvalue weighted by atomic mass is 35.5. The van der Waals surface area contributed by atoms with Crippen LogP contribution in [0.2, 0.25) is 5.02 Å². The molecule has 3 heterocycles. The van der Waals surface area contributed by atoms with Gasteiger partial charge in [0.25, 0.3) is 0 Å². The van der Waals surface area contributed by atoms with Gasteiger partial charge in [-0.25, -0.2) is 9.97 Å². The van der Waals surface area contributed by atoms with Crippen molar-refractivity contribution in [2.75, 3.05) is 11.1 Å². The Morgan fingerprint density at radius 2 is 2.14 bits per heavy atom. The van der Waals surface area contributed by atoms with Gasteiger partial charge < -0.3 is 5.32 Å². The lowest BCUT2D eigenvalue weighted by molar-refractivity contribution is -0.113. The minimum atomic E-state index is -0.137. The van der Waals surface area contributed by atoms with Gasteiger partial charge >= 0.3 is 0 Å². The maximum absolute atomic E-state index is 11.9. The van der Waals surface area contributed by atoms with Crippen LogP contribution >= 0.6 is 23.4 Å². The molecule has 0 bridgehead atoms. The molecule has 3 aromatic heterocycles. The lowest BCUT2D eigenvalue weighted by atomic mass is 10.4. The van der Waals surface area contributed by atoms with E-state index in [-0.39, 0.29) is 11.7 Å². The zero-order valence-corrected chi connectivity index (χ0v) is 12.4. The minimum Gasteiger partial charge on any atom is -0.310 e. The zero-order valence-electron chi connectivity index (χ0n) is 10.9. The fraction of sp³-hybridized carbons (Fsp3) is 0.0714. The number of halogens is 1. The Labute approximate surface area is 130 Å². The van der Waals surface area contributed by atoms with Gasteiger partial charge in [0.2, 0.25) is 5.91 Å². The molecule has 3 aromatic rings. The van der Waals surface area contributed by atoms with E-state index >= 15 is 0 Å². The summed E-state index contributed by atoms with van der Waals surface area (Å²) >= 11 is 7.12. The number of nitrogens with zero attached hydrogens (tertiary/aromatic N) is 3. The van der Waals surface area contributed by atoms with Gasteiger partial charge in [-0.3, -0.25) is 9.20 Å². The highest BCUT2D eigenvalue weighted by Gasteiger charge is 2.08. The van der Waals surface area contributed by atoms with E-state index in [1.165, 1.54) is 18.0 Å². The molecule has 0 aliphatic rings. The molecule has 0 radical (unpaired) electrons. The first-order valence-electron chi connectivity index (χ1n) is 6.19. The van der Waals surface area contributed by atoms with Crippen LogP contribution in [0.5, 0.6) is 0 Å². The second kappa shape index (κ2) is 6.15. The maximum atomic E-state index is 11.9. The summed E-state index contributed by atoms with van der Waals surface area (Å²) in [5, 5.41) is 4.03. The van der Waals surface area contributed by atoms with Crippen LogP contribution in [0.15, 0.2) is 54.1 Å². The molecule has 1 amide bonds. The van der Waals surface area contributed by atoms with Gasteiger partial charge in [-0.05, 0) is 24.3 Å². The Bertz CT molecular complexity index is 772. The molecule has 3 rings (SSSR count).